The molecule has 1 aromatic heterocycles. The molecule has 0 spiro atoms. The molecule has 3 aromatic rings. The van der Waals surface area contributed by atoms with Gasteiger partial charge >= 0.3 is 0 Å². The molecule has 3 rings (SSSR count). The Balaban J connectivity index is 1.77. The van der Waals surface area contributed by atoms with Crippen molar-refractivity contribution in [2.45, 2.75) is 18.7 Å². The molecule has 0 unspecified atom stereocenters. The summed E-state index contributed by atoms with van der Waals surface area (Å²) in [6, 6.07) is 16.6. The second kappa shape index (κ2) is 9.09. The first-order valence-corrected chi connectivity index (χ1v) is 11.3. The van der Waals surface area contributed by atoms with Gasteiger partial charge in [0.25, 0.3) is 0 Å². The molecule has 8 heteroatoms. The van der Waals surface area contributed by atoms with E-state index in [0.29, 0.717) is 23.9 Å². The number of rotatable bonds is 8. The van der Waals surface area contributed by atoms with E-state index >= 15 is 0 Å². The Labute approximate surface area is 169 Å². The summed E-state index contributed by atoms with van der Waals surface area (Å²) >= 11 is 1.41. The van der Waals surface area contributed by atoms with Crippen molar-refractivity contribution >= 4 is 32.7 Å². The largest absolute Gasteiger partial charge is 0.253 e. The lowest BCUT2D eigenvalue weighted by molar-refractivity contribution is 0.445. The van der Waals surface area contributed by atoms with Gasteiger partial charge in [0, 0.05) is 24.0 Å². The van der Waals surface area contributed by atoms with Crippen LogP contribution < -0.4 is 5.43 Å². The van der Waals surface area contributed by atoms with Crippen molar-refractivity contribution in [3.8, 4) is 11.3 Å². The van der Waals surface area contributed by atoms with Crippen molar-refractivity contribution in [3.05, 3.63) is 65.5 Å². The van der Waals surface area contributed by atoms with Crippen LogP contribution in [0.1, 0.15) is 19.4 Å². The maximum absolute atomic E-state index is 12.7. The van der Waals surface area contributed by atoms with Crippen LogP contribution in [0.3, 0.4) is 0 Å². The first kappa shape index (κ1) is 20.2. The first-order chi connectivity index (χ1) is 13.5. The van der Waals surface area contributed by atoms with Gasteiger partial charge < -0.3 is 0 Å². The molecule has 6 nitrogen and oxygen atoms in total. The minimum Gasteiger partial charge on any atom is -0.253 e. The monoisotopic (exact) mass is 414 g/mol. The van der Waals surface area contributed by atoms with Crippen molar-refractivity contribution in [3.63, 3.8) is 0 Å². The Morgan fingerprint density at radius 1 is 1.11 bits per heavy atom. The second-order valence-electron chi connectivity index (χ2n) is 5.94. The van der Waals surface area contributed by atoms with E-state index in [1.807, 2.05) is 55.6 Å². The summed E-state index contributed by atoms with van der Waals surface area (Å²) in [5.41, 5.74) is 5.36. The lowest BCUT2D eigenvalue weighted by atomic mass is 10.2. The van der Waals surface area contributed by atoms with Crippen LogP contribution >= 0.6 is 11.3 Å². The highest BCUT2D eigenvalue weighted by Gasteiger charge is 2.22. The maximum atomic E-state index is 12.7. The molecule has 0 saturated heterocycles. The number of nitrogens with zero attached hydrogens (tertiary/aromatic N) is 3. The summed E-state index contributed by atoms with van der Waals surface area (Å²) in [5.74, 6) is 0. The van der Waals surface area contributed by atoms with Crippen LogP contribution in [0.5, 0.6) is 0 Å². The van der Waals surface area contributed by atoms with Crippen molar-refractivity contribution in [1.29, 1.82) is 0 Å². The molecule has 146 valence electrons. The third kappa shape index (κ3) is 4.64. The smallest absolute Gasteiger partial charge is 0.243 e. The molecular formula is C20H22N4O2S2. The zero-order chi connectivity index (χ0) is 20.0. The fourth-order valence-corrected chi connectivity index (χ4v) is 4.86. The molecule has 0 saturated carbocycles. The number of hydrogen-bond donors (Lipinski definition) is 1. The quantitative estimate of drug-likeness (QED) is 0.441. The van der Waals surface area contributed by atoms with Crippen LogP contribution in [0.2, 0.25) is 0 Å². The van der Waals surface area contributed by atoms with Crippen molar-refractivity contribution in [2.75, 3.05) is 18.5 Å². The molecule has 0 aliphatic carbocycles. The van der Waals surface area contributed by atoms with Gasteiger partial charge in [0.1, 0.15) is 0 Å². The number of thiazole rings is 1. The lowest BCUT2D eigenvalue weighted by Crippen LogP contribution is -2.30. The SMILES string of the molecule is CCN(CC)S(=O)(=O)c1cccc(-c2csc(NN=Cc3ccccc3)n2)c1. The highest BCUT2D eigenvalue weighted by Crippen LogP contribution is 2.27. The average Bonchev–Trinajstić information content (AvgIpc) is 3.19. The fraction of sp³-hybridized carbons (Fsp3) is 0.200. The maximum Gasteiger partial charge on any atom is 0.243 e. The van der Waals surface area contributed by atoms with Crippen LogP contribution in [0.25, 0.3) is 11.3 Å². The fourth-order valence-electron chi connectivity index (χ4n) is 2.69. The second-order valence-corrected chi connectivity index (χ2v) is 8.73. The summed E-state index contributed by atoms with van der Waals surface area (Å²) in [6.45, 7) is 4.54. The molecule has 0 bridgehead atoms. The van der Waals surface area contributed by atoms with Gasteiger partial charge in [-0.15, -0.1) is 11.3 Å². The molecule has 0 amide bonds. The van der Waals surface area contributed by atoms with Crippen LogP contribution in [0.4, 0.5) is 5.13 Å². The Bertz CT molecular complexity index is 1040. The Hall–Kier alpha value is -2.55. The number of hydrazone groups is 1. The van der Waals surface area contributed by atoms with E-state index in [0.717, 1.165) is 11.1 Å². The molecule has 0 fully saturated rings. The van der Waals surface area contributed by atoms with Gasteiger partial charge in [0.15, 0.2) is 0 Å². The minimum atomic E-state index is -3.50. The summed E-state index contributed by atoms with van der Waals surface area (Å²) in [7, 11) is -3.50. The van der Waals surface area contributed by atoms with E-state index in [4.69, 9.17) is 0 Å². The van der Waals surface area contributed by atoms with E-state index in [1.165, 1.54) is 15.6 Å². The van der Waals surface area contributed by atoms with Crippen LogP contribution in [0, 0.1) is 0 Å². The van der Waals surface area contributed by atoms with Crippen LogP contribution in [0.15, 0.2) is 70.0 Å². The molecule has 0 radical (unpaired) electrons. The number of nitrogens with one attached hydrogen (secondary N) is 1. The van der Waals surface area contributed by atoms with Crippen LogP contribution in [-0.2, 0) is 10.0 Å². The summed E-state index contributed by atoms with van der Waals surface area (Å²) in [6.07, 6.45) is 1.72. The predicted molar refractivity (Wildman–Crippen MR) is 115 cm³/mol. The lowest BCUT2D eigenvalue weighted by Gasteiger charge is -2.18. The molecule has 0 aliphatic heterocycles. The molecular weight excluding hydrogens is 392 g/mol. The van der Waals surface area contributed by atoms with Gasteiger partial charge in [0.2, 0.25) is 15.2 Å². The van der Waals surface area contributed by atoms with Crippen molar-refractivity contribution in [2.24, 2.45) is 5.10 Å². The van der Waals surface area contributed by atoms with E-state index in [9.17, 15) is 8.42 Å². The van der Waals surface area contributed by atoms with Crippen LogP contribution in [-0.4, -0.2) is 37.0 Å². The van der Waals surface area contributed by atoms with Crippen molar-refractivity contribution < 1.29 is 8.42 Å². The first-order valence-electron chi connectivity index (χ1n) is 8.94. The highest BCUT2D eigenvalue weighted by atomic mass is 32.2. The molecule has 28 heavy (non-hydrogen) atoms. The zero-order valence-electron chi connectivity index (χ0n) is 15.7. The van der Waals surface area contributed by atoms with Gasteiger partial charge in [-0.25, -0.2) is 13.4 Å². The van der Waals surface area contributed by atoms with Gasteiger partial charge in [0.05, 0.1) is 16.8 Å². The normalized spacial score (nSPS) is 12.0. The topological polar surface area (TPSA) is 74.7 Å². The summed E-state index contributed by atoms with van der Waals surface area (Å²) in [5, 5.41) is 6.71. The van der Waals surface area contributed by atoms with Gasteiger partial charge in [-0.3, -0.25) is 5.43 Å². The van der Waals surface area contributed by atoms with Gasteiger partial charge in [-0.1, -0.05) is 56.3 Å². The van der Waals surface area contributed by atoms with Gasteiger partial charge in [-0.05, 0) is 17.7 Å². The van der Waals surface area contributed by atoms with Crippen molar-refractivity contribution in [1.82, 2.24) is 9.29 Å². The van der Waals surface area contributed by atoms with E-state index in [1.54, 1.807) is 24.4 Å². The number of hydrogen-bond acceptors (Lipinski definition) is 6. The standard InChI is InChI=1S/C20H22N4O2S2/c1-3-24(4-2)28(25,26)18-12-8-11-17(13-18)19-15-27-20(22-19)23-21-14-16-9-6-5-7-10-16/h5-15H,3-4H2,1-2H3,(H,22,23). The van der Waals surface area contributed by atoms with E-state index in [2.05, 4.69) is 15.5 Å². The number of aromatic nitrogens is 1. The Kier molecular flexibility index (Phi) is 6.56. The molecule has 1 heterocycles. The highest BCUT2D eigenvalue weighted by molar-refractivity contribution is 7.89. The number of anilines is 1. The minimum absolute atomic E-state index is 0.276. The zero-order valence-corrected chi connectivity index (χ0v) is 17.4. The number of benzene rings is 2. The third-order valence-corrected chi connectivity index (χ3v) is 6.94. The predicted octanol–water partition coefficient (Wildman–Crippen LogP) is 4.29. The van der Waals surface area contributed by atoms with E-state index in [-0.39, 0.29) is 4.90 Å². The number of sulfonamides is 1. The molecule has 0 aliphatic rings. The van der Waals surface area contributed by atoms with E-state index < -0.39 is 10.0 Å². The van der Waals surface area contributed by atoms with Gasteiger partial charge in [-0.2, -0.15) is 9.41 Å². The Morgan fingerprint density at radius 2 is 1.86 bits per heavy atom. The Morgan fingerprint density at radius 3 is 2.57 bits per heavy atom. The average molecular weight is 415 g/mol. The molecule has 0 atom stereocenters. The third-order valence-electron chi connectivity index (χ3n) is 4.15. The molecule has 2 aromatic carbocycles. The molecule has 1 N–H and O–H groups in total. The summed E-state index contributed by atoms with van der Waals surface area (Å²) < 4.78 is 26.9. The summed E-state index contributed by atoms with van der Waals surface area (Å²) in [4.78, 5) is 4.78.